The van der Waals surface area contributed by atoms with E-state index < -0.39 is 5.82 Å². The summed E-state index contributed by atoms with van der Waals surface area (Å²) in [4.78, 5) is 0. The third kappa shape index (κ3) is 1.93. The number of nitrogens with two attached hydrogens (primary N) is 1. The fraction of sp³-hybridized carbons (Fsp3) is 0.333. The molecule has 1 heterocycles. The Kier molecular flexibility index (Phi) is 3.40. The summed E-state index contributed by atoms with van der Waals surface area (Å²) in [5.41, 5.74) is 8.01. The molecule has 1 aromatic carbocycles. The van der Waals surface area contributed by atoms with Crippen molar-refractivity contribution in [2.45, 2.75) is 20.1 Å². The van der Waals surface area contributed by atoms with E-state index in [9.17, 15) is 4.39 Å². The lowest BCUT2D eigenvalue weighted by atomic mass is 10.00. The van der Waals surface area contributed by atoms with Crippen molar-refractivity contribution in [1.82, 2.24) is 0 Å². The van der Waals surface area contributed by atoms with Crippen LogP contribution < -0.4 is 5.73 Å². The van der Waals surface area contributed by atoms with E-state index in [-0.39, 0.29) is 5.69 Å². The molecule has 0 bridgehead atoms. The van der Waals surface area contributed by atoms with Gasteiger partial charge in [0.1, 0.15) is 5.76 Å². The van der Waals surface area contributed by atoms with Crippen LogP contribution in [-0.2, 0) is 22.7 Å². The standard InChI is InChI=1S/C12H13BrFNO2/c1-3-17-6(2)9-7-4-16-5-8(7)10(13)11(14)12(9)15/h2-5,15H2,1H3. The minimum atomic E-state index is -0.481. The zero-order chi connectivity index (χ0) is 12.6. The maximum absolute atomic E-state index is 13.9. The molecule has 1 aliphatic rings. The van der Waals surface area contributed by atoms with E-state index >= 15 is 0 Å². The third-order valence-electron chi connectivity index (χ3n) is 2.72. The van der Waals surface area contributed by atoms with Gasteiger partial charge in [0.25, 0.3) is 0 Å². The van der Waals surface area contributed by atoms with Gasteiger partial charge >= 0.3 is 0 Å². The van der Waals surface area contributed by atoms with Gasteiger partial charge in [0.15, 0.2) is 5.82 Å². The Morgan fingerprint density at radius 1 is 1.53 bits per heavy atom. The number of rotatable bonds is 3. The molecule has 0 radical (unpaired) electrons. The average Bonchev–Trinajstić information content (AvgIpc) is 2.75. The SMILES string of the molecule is C=C(OCC)c1c(N)c(F)c(Br)c2c1COC2. The molecule has 0 fully saturated rings. The quantitative estimate of drug-likeness (QED) is 0.689. The number of hydrogen-bond donors (Lipinski definition) is 1. The molecule has 5 heteroatoms. The van der Waals surface area contributed by atoms with Crippen LogP contribution in [0.5, 0.6) is 0 Å². The monoisotopic (exact) mass is 301 g/mol. The highest BCUT2D eigenvalue weighted by Gasteiger charge is 2.26. The first-order valence-electron chi connectivity index (χ1n) is 5.25. The smallest absolute Gasteiger partial charge is 0.161 e. The van der Waals surface area contributed by atoms with Crippen LogP contribution in [0.2, 0.25) is 0 Å². The predicted octanol–water partition coefficient (Wildman–Crippen LogP) is 3.21. The molecule has 2 rings (SSSR count). The molecule has 0 unspecified atom stereocenters. The summed E-state index contributed by atoms with van der Waals surface area (Å²) in [6.07, 6.45) is 0. The highest BCUT2D eigenvalue weighted by atomic mass is 79.9. The molecular formula is C12H13BrFNO2. The van der Waals surface area contributed by atoms with Gasteiger partial charge in [0.05, 0.1) is 30.0 Å². The van der Waals surface area contributed by atoms with Gasteiger partial charge in [-0.05, 0) is 28.4 Å². The fourth-order valence-electron chi connectivity index (χ4n) is 1.94. The van der Waals surface area contributed by atoms with Crippen LogP contribution in [0.3, 0.4) is 0 Å². The first-order chi connectivity index (χ1) is 8.07. The van der Waals surface area contributed by atoms with Crippen molar-refractivity contribution < 1.29 is 13.9 Å². The van der Waals surface area contributed by atoms with Crippen LogP contribution in [0.1, 0.15) is 23.6 Å². The van der Waals surface area contributed by atoms with E-state index in [1.807, 2.05) is 6.92 Å². The number of fused-ring (bicyclic) bond motifs is 1. The van der Waals surface area contributed by atoms with Gasteiger partial charge in [0.2, 0.25) is 0 Å². The summed E-state index contributed by atoms with van der Waals surface area (Å²) < 4.78 is 24.9. The van der Waals surface area contributed by atoms with Gasteiger partial charge in [-0.1, -0.05) is 6.58 Å². The highest BCUT2D eigenvalue weighted by molar-refractivity contribution is 9.10. The van der Waals surface area contributed by atoms with E-state index in [0.29, 0.717) is 35.6 Å². The predicted molar refractivity (Wildman–Crippen MR) is 67.7 cm³/mol. The lowest BCUT2D eigenvalue weighted by Crippen LogP contribution is -2.06. The van der Waals surface area contributed by atoms with Gasteiger partial charge in [-0.25, -0.2) is 4.39 Å². The molecule has 0 atom stereocenters. The number of nitrogen functional groups attached to an aromatic ring is 1. The van der Waals surface area contributed by atoms with Crippen molar-refractivity contribution in [3.8, 4) is 0 Å². The first kappa shape index (κ1) is 12.4. The van der Waals surface area contributed by atoms with Crippen LogP contribution in [-0.4, -0.2) is 6.61 Å². The molecular weight excluding hydrogens is 289 g/mol. The molecule has 2 N–H and O–H groups in total. The van der Waals surface area contributed by atoms with E-state index in [4.69, 9.17) is 15.2 Å². The number of halogens is 2. The number of ether oxygens (including phenoxy) is 2. The second-order valence-electron chi connectivity index (χ2n) is 3.72. The van der Waals surface area contributed by atoms with Crippen molar-refractivity contribution in [1.29, 1.82) is 0 Å². The maximum atomic E-state index is 13.9. The second-order valence-corrected chi connectivity index (χ2v) is 4.52. The lowest BCUT2D eigenvalue weighted by molar-refractivity contribution is 0.134. The highest BCUT2D eigenvalue weighted by Crippen LogP contribution is 2.40. The lowest BCUT2D eigenvalue weighted by Gasteiger charge is -2.15. The van der Waals surface area contributed by atoms with Crippen molar-refractivity contribution in [2.24, 2.45) is 0 Å². The molecule has 0 saturated heterocycles. The molecule has 0 amide bonds. The Hall–Kier alpha value is -1.07. The van der Waals surface area contributed by atoms with Gasteiger partial charge < -0.3 is 15.2 Å². The first-order valence-corrected chi connectivity index (χ1v) is 6.05. The number of anilines is 1. The molecule has 17 heavy (non-hydrogen) atoms. The minimum absolute atomic E-state index is 0.0552. The van der Waals surface area contributed by atoms with E-state index in [1.165, 1.54) is 0 Å². The Labute approximate surface area is 108 Å². The summed E-state index contributed by atoms with van der Waals surface area (Å²) in [5, 5.41) is 0. The van der Waals surface area contributed by atoms with Crippen molar-refractivity contribution >= 4 is 27.4 Å². The van der Waals surface area contributed by atoms with E-state index in [0.717, 1.165) is 11.1 Å². The van der Waals surface area contributed by atoms with E-state index in [1.54, 1.807) is 0 Å². The van der Waals surface area contributed by atoms with Crippen LogP contribution in [0.25, 0.3) is 5.76 Å². The molecule has 0 spiro atoms. The summed E-state index contributed by atoms with van der Waals surface area (Å²) in [6, 6.07) is 0. The Balaban J connectivity index is 2.63. The Bertz CT molecular complexity index is 488. The van der Waals surface area contributed by atoms with Gasteiger partial charge in [0, 0.05) is 11.1 Å². The number of hydrogen-bond acceptors (Lipinski definition) is 3. The van der Waals surface area contributed by atoms with Crippen molar-refractivity contribution in [3.63, 3.8) is 0 Å². The molecule has 0 saturated carbocycles. The average molecular weight is 302 g/mol. The molecule has 0 aromatic heterocycles. The third-order valence-corrected chi connectivity index (χ3v) is 3.55. The van der Waals surface area contributed by atoms with E-state index in [2.05, 4.69) is 22.5 Å². The fourth-order valence-corrected chi connectivity index (χ4v) is 2.50. The second kappa shape index (κ2) is 4.66. The van der Waals surface area contributed by atoms with Gasteiger partial charge in [-0.2, -0.15) is 0 Å². The summed E-state index contributed by atoms with van der Waals surface area (Å²) >= 11 is 3.20. The van der Waals surface area contributed by atoms with Crippen LogP contribution in [0, 0.1) is 5.82 Å². The van der Waals surface area contributed by atoms with Crippen LogP contribution >= 0.6 is 15.9 Å². The minimum Gasteiger partial charge on any atom is -0.494 e. The number of benzene rings is 1. The maximum Gasteiger partial charge on any atom is 0.161 e. The molecule has 0 aliphatic carbocycles. The topological polar surface area (TPSA) is 44.5 Å². The van der Waals surface area contributed by atoms with Crippen LogP contribution in [0.4, 0.5) is 10.1 Å². The molecule has 92 valence electrons. The van der Waals surface area contributed by atoms with Crippen molar-refractivity contribution in [2.75, 3.05) is 12.3 Å². The van der Waals surface area contributed by atoms with Crippen molar-refractivity contribution in [3.05, 3.63) is 33.6 Å². The molecule has 3 nitrogen and oxygen atoms in total. The zero-order valence-corrected chi connectivity index (χ0v) is 11.1. The Morgan fingerprint density at radius 2 is 2.18 bits per heavy atom. The summed E-state index contributed by atoms with van der Waals surface area (Å²) in [7, 11) is 0. The summed E-state index contributed by atoms with van der Waals surface area (Å²) in [5.74, 6) is -0.0942. The summed E-state index contributed by atoms with van der Waals surface area (Å²) in [6.45, 7) is 6.87. The van der Waals surface area contributed by atoms with Crippen LogP contribution in [0.15, 0.2) is 11.1 Å². The Morgan fingerprint density at radius 3 is 2.82 bits per heavy atom. The van der Waals surface area contributed by atoms with Gasteiger partial charge in [-0.15, -0.1) is 0 Å². The van der Waals surface area contributed by atoms with Gasteiger partial charge in [-0.3, -0.25) is 0 Å². The molecule has 1 aromatic rings. The molecule has 1 aliphatic heterocycles. The zero-order valence-electron chi connectivity index (χ0n) is 9.48. The normalized spacial score (nSPS) is 13.6. The largest absolute Gasteiger partial charge is 0.494 e.